The molecule has 1 aromatic heterocycles. The molecule has 0 unspecified atom stereocenters. The Morgan fingerprint density at radius 2 is 1.55 bits per heavy atom. The SMILES string of the molecule is [O]c1ccc2cc(-c3cnc(-c4ccccc4)o3)ccc2c1. The average molecular weight is 286 g/mol. The van der Waals surface area contributed by atoms with Gasteiger partial charge in [-0.3, -0.25) is 5.11 Å². The third-order valence-corrected chi connectivity index (χ3v) is 3.62. The van der Waals surface area contributed by atoms with E-state index in [0.717, 1.165) is 21.9 Å². The second-order valence-corrected chi connectivity index (χ2v) is 5.12. The quantitative estimate of drug-likeness (QED) is 0.501. The van der Waals surface area contributed by atoms with Gasteiger partial charge in [-0.05, 0) is 41.1 Å². The zero-order valence-corrected chi connectivity index (χ0v) is 11.7. The Labute approximate surface area is 127 Å². The number of fused-ring (bicyclic) bond motifs is 1. The fourth-order valence-electron chi connectivity index (χ4n) is 2.50. The first kappa shape index (κ1) is 12.7. The maximum absolute atomic E-state index is 11.4. The van der Waals surface area contributed by atoms with Gasteiger partial charge in [0.2, 0.25) is 5.89 Å². The van der Waals surface area contributed by atoms with Crippen molar-refractivity contribution < 1.29 is 9.52 Å². The monoisotopic (exact) mass is 286 g/mol. The Balaban J connectivity index is 1.76. The summed E-state index contributed by atoms with van der Waals surface area (Å²) in [7, 11) is 0. The molecule has 0 spiro atoms. The fourth-order valence-corrected chi connectivity index (χ4v) is 2.50. The summed E-state index contributed by atoms with van der Waals surface area (Å²) in [6.07, 6.45) is 1.73. The van der Waals surface area contributed by atoms with Crippen molar-refractivity contribution in [2.75, 3.05) is 0 Å². The van der Waals surface area contributed by atoms with E-state index >= 15 is 0 Å². The number of rotatable bonds is 2. The molecule has 0 fully saturated rings. The summed E-state index contributed by atoms with van der Waals surface area (Å²) in [5, 5.41) is 13.3. The van der Waals surface area contributed by atoms with Gasteiger partial charge in [-0.25, -0.2) is 4.98 Å². The molecular weight excluding hydrogens is 274 g/mol. The molecule has 4 aromatic rings. The molecule has 0 aliphatic heterocycles. The van der Waals surface area contributed by atoms with Gasteiger partial charge >= 0.3 is 0 Å². The van der Waals surface area contributed by atoms with Gasteiger partial charge in [-0.2, -0.15) is 0 Å². The number of nitrogens with zero attached hydrogens (tertiary/aromatic N) is 1. The van der Waals surface area contributed by atoms with Crippen LogP contribution in [0.25, 0.3) is 33.6 Å². The highest BCUT2D eigenvalue weighted by atomic mass is 16.4. The summed E-state index contributed by atoms with van der Waals surface area (Å²) in [5.41, 5.74) is 1.89. The van der Waals surface area contributed by atoms with E-state index in [2.05, 4.69) is 4.98 Å². The lowest BCUT2D eigenvalue weighted by Crippen LogP contribution is -1.76. The molecule has 1 radical (unpaired) electrons. The van der Waals surface area contributed by atoms with Crippen LogP contribution in [0.15, 0.2) is 77.3 Å². The molecule has 3 heteroatoms. The molecule has 0 amide bonds. The molecule has 4 rings (SSSR count). The van der Waals surface area contributed by atoms with Gasteiger partial charge < -0.3 is 4.42 Å². The minimum Gasteiger partial charge on any atom is -0.436 e. The number of hydrogen-bond acceptors (Lipinski definition) is 2. The third kappa shape index (κ3) is 2.23. The molecule has 3 aromatic carbocycles. The lowest BCUT2D eigenvalue weighted by molar-refractivity contribution is 0.355. The average Bonchev–Trinajstić information content (AvgIpc) is 3.05. The van der Waals surface area contributed by atoms with E-state index < -0.39 is 0 Å². The Hall–Kier alpha value is -3.07. The van der Waals surface area contributed by atoms with Gasteiger partial charge in [-0.1, -0.05) is 36.4 Å². The highest BCUT2D eigenvalue weighted by Crippen LogP contribution is 2.29. The summed E-state index contributed by atoms with van der Waals surface area (Å²) in [5.74, 6) is 1.34. The smallest absolute Gasteiger partial charge is 0.226 e. The Morgan fingerprint density at radius 1 is 0.773 bits per heavy atom. The zero-order valence-electron chi connectivity index (χ0n) is 11.7. The second kappa shape index (κ2) is 5.04. The standard InChI is InChI=1S/C19H12NO2/c21-17-9-8-14-10-16(7-6-15(14)11-17)18-12-20-19(22-18)13-4-2-1-3-5-13/h1-12H. The van der Waals surface area contributed by atoms with E-state index in [9.17, 15) is 5.11 Å². The van der Waals surface area contributed by atoms with Crippen LogP contribution in [0.5, 0.6) is 5.75 Å². The molecule has 3 nitrogen and oxygen atoms in total. The van der Waals surface area contributed by atoms with E-state index in [-0.39, 0.29) is 5.75 Å². The number of aromatic nitrogens is 1. The van der Waals surface area contributed by atoms with Crippen molar-refractivity contribution in [1.82, 2.24) is 4.98 Å². The van der Waals surface area contributed by atoms with Gasteiger partial charge in [0.05, 0.1) is 6.20 Å². The van der Waals surface area contributed by atoms with E-state index in [1.165, 1.54) is 0 Å². The maximum Gasteiger partial charge on any atom is 0.226 e. The highest BCUT2D eigenvalue weighted by molar-refractivity contribution is 5.87. The van der Waals surface area contributed by atoms with E-state index in [1.54, 1.807) is 18.3 Å². The van der Waals surface area contributed by atoms with Gasteiger partial charge in [0.1, 0.15) is 0 Å². The van der Waals surface area contributed by atoms with Crippen molar-refractivity contribution in [1.29, 1.82) is 0 Å². The lowest BCUT2D eigenvalue weighted by Gasteiger charge is -2.01. The Morgan fingerprint density at radius 3 is 2.41 bits per heavy atom. The van der Waals surface area contributed by atoms with Crippen LogP contribution in [0.2, 0.25) is 0 Å². The van der Waals surface area contributed by atoms with Crippen LogP contribution in [-0.4, -0.2) is 4.98 Å². The Kier molecular flexibility index (Phi) is 2.90. The summed E-state index contributed by atoms with van der Waals surface area (Å²) in [6.45, 7) is 0. The first-order valence-corrected chi connectivity index (χ1v) is 7.02. The van der Waals surface area contributed by atoms with Crippen molar-refractivity contribution in [2.45, 2.75) is 0 Å². The summed E-state index contributed by atoms with van der Waals surface area (Å²) >= 11 is 0. The first-order valence-electron chi connectivity index (χ1n) is 7.02. The molecule has 0 saturated carbocycles. The summed E-state index contributed by atoms with van der Waals surface area (Å²) in [6, 6.07) is 20.7. The van der Waals surface area contributed by atoms with E-state index in [4.69, 9.17) is 4.42 Å². The van der Waals surface area contributed by atoms with Crippen molar-refractivity contribution in [3.63, 3.8) is 0 Å². The van der Waals surface area contributed by atoms with Crippen molar-refractivity contribution in [3.05, 3.63) is 72.9 Å². The molecule has 0 bridgehead atoms. The van der Waals surface area contributed by atoms with Crippen LogP contribution in [0, 0.1) is 0 Å². The van der Waals surface area contributed by atoms with Crippen molar-refractivity contribution >= 4 is 10.8 Å². The van der Waals surface area contributed by atoms with Gasteiger partial charge in [-0.15, -0.1) is 0 Å². The topological polar surface area (TPSA) is 45.9 Å². The molecule has 0 aliphatic carbocycles. The normalized spacial score (nSPS) is 10.9. The summed E-state index contributed by atoms with van der Waals surface area (Å²) in [4.78, 5) is 4.34. The van der Waals surface area contributed by atoms with Gasteiger partial charge in [0, 0.05) is 11.1 Å². The maximum atomic E-state index is 11.4. The third-order valence-electron chi connectivity index (χ3n) is 3.62. The first-order chi connectivity index (χ1) is 10.8. The van der Waals surface area contributed by atoms with E-state index in [0.29, 0.717) is 11.7 Å². The predicted octanol–water partition coefficient (Wildman–Crippen LogP) is 5.31. The molecule has 1 heterocycles. The second-order valence-electron chi connectivity index (χ2n) is 5.12. The molecule has 22 heavy (non-hydrogen) atoms. The van der Waals surface area contributed by atoms with Gasteiger partial charge in [0.25, 0.3) is 0 Å². The molecule has 0 saturated heterocycles. The highest BCUT2D eigenvalue weighted by Gasteiger charge is 2.09. The van der Waals surface area contributed by atoms with Gasteiger partial charge in [0.15, 0.2) is 11.5 Å². The number of benzene rings is 3. The van der Waals surface area contributed by atoms with Crippen LogP contribution in [-0.2, 0) is 5.11 Å². The van der Waals surface area contributed by atoms with Crippen molar-refractivity contribution in [3.8, 4) is 28.5 Å². The minimum absolute atomic E-state index is 0.0197. The largest absolute Gasteiger partial charge is 0.436 e. The Bertz CT molecular complexity index is 942. The minimum atomic E-state index is 0.0197. The van der Waals surface area contributed by atoms with Crippen LogP contribution >= 0.6 is 0 Å². The number of oxazole rings is 1. The van der Waals surface area contributed by atoms with Crippen molar-refractivity contribution in [2.24, 2.45) is 0 Å². The fraction of sp³-hybridized carbons (Fsp3) is 0. The lowest BCUT2D eigenvalue weighted by atomic mass is 10.1. The van der Waals surface area contributed by atoms with Crippen LogP contribution < -0.4 is 0 Å². The zero-order chi connectivity index (χ0) is 14.9. The molecule has 105 valence electrons. The predicted molar refractivity (Wildman–Crippen MR) is 85.0 cm³/mol. The molecular formula is C19H12NO2. The van der Waals surface area contributed by atoms with Crippen LogP contribution in [0.4, 0.5) is 0 Å². The van der Waals surface area contributed by atoms with E-state index in [1.807, 2.05) is 54.6 Å². The molecule has 0 aliphatic rings. The summed E-state index contributed by atoms with van der Waals surface area (Å²) < 4.78 is 5.86. The molecule has 0 atom stereocenters. The number of hydrogen-bond donors (Lipinski definition) is 0. The molecule has 0 N–H and O–H groups in total. The van der Waals surface area contributed by atoms with Crippen LogP contribution in [0.1, 0.15) is 0 Å². The van der Waals surface area contributed by atoms with Crippen LogP contribution in [0.3, 0.4) is 0 Å².